The molecule has 0 spiro atoms. The molecule has 15 heavy (non-hydrogen) atoms. The van der Waals surface area contributed by atoms with Crippen molar-refractivity contribution in [2.24, 2.45) is 5.92 Å². The highest BCUT2D eigenvalue weighted by Crippen LogP contribution is 2.27. The molecule has 1 aliphatic carbocycles. The molecule has 0 bridgehead atoms. The number of hydrogen-bond donors (Lipinski definition) is 2. The van der Waals surface area contributed by atoms with Crippen LogP contribution in [-0.2, 0) is 10.0 Å². The highest BCUT2D eigenvalue weighted by molar-refractivity contribution is 7.89. The Balaban J connectivity index is 2.29. The fourth-order valence-corrected chi connectivity index (χ4v) is 3.17. The number of nitrogens with one attached hydrogen (secondary N) is 1. The van der Waals surface area contributed by atoms with Crippen molar-refractivity contribution < 1.29 is 13.5 Å². The Morgan fingerprint density at radius 1 is 1.40 bits per heavy atom. The van der Waals surface area contributed by atoms with Crippen LogP contribution in [0.5, 0.6) is 0 Å². The standard InChI is InChI=1S/C10H21NO3S/c1-2-7-15(13,14)11-8-10(12)9-5-3-4-6-9/h9-12H,2-8H2,1H3/t10-/m1/s1. The first kappa shape index (κ1) is 12.9. The van der Waals surface area contributed by atoms with Crippen molar-refractivity contribution in [3.63, 3.8) is 0 Å². The fourth-order valence-electron chi connectivity index (χ4n) is 2.06. The maximum Gasteiger partial charge on any atom is 0.211 e. The van der Waals surface area contributed by atoms with Gasteiger partial charge in [0.15, 0.2) is 0 Å². The van der Waals surface area contributed by atoms with E-state index in [0.717, 1.165) is 25.7 Å². The average Bonchev–Trinajstić information content (AvgIpc) is 2.67. The van der Waals surface area contributed by atoms with E-state index in [1.807, 2.05) is 6.92 Å². The molecule has 1 atom stereocenters. The molecule has 0 amide bonds. The van der Waals surface area contributed by atoms with Crippen molar-refractivity contribution in [1.29, 1.82) is 0 Å². The van der Waals surface area contributed by atoms with E-state index in [1.54, 1.807) is 0 Å². The molecule has 0 saturated heterocycles. The minimum absolute atomic E-state index is 0.143. The van der Waals surface area contributed by atoms with Gasteiger partial charge in [0.1, 0.15) is 0 Å². The number of hydrogen-bond acceptors (Lipinski definition) is 3. The van der Waals surface area contributed by atoms with Crippen LogP contribution in [0.4, 0.5) is 0 Å². The van der Waals surface area contributed by atoms with Crippen LogP contribution in [0.15, 0.2) is 0 Å². The third-order valence-corrected chi connectivity index (χ3v) is 4.48. The summed E-state index contributed by atoms with van der Waals surface area (Å²) in [6, 6.07) is 0. The fraction of sp³-hybridized carbons (Fsp3) is 1.00. The molecule has 0 aromatic carbocycles. The van der Waals surface area contributed by atoms with Gasteiger partial charge in [0, 0.05) is 6.54 Å². The van der Waals surface area contributed by atoms with Crippen LogP contribution in [0.3, 0.4) is 0 Å². The maximum atomic E-state index is 11.3. The van der Waals surface area contributed by atoms with E-state index in [2.05, 4.69) is 4.72 Å². The third-order valence-electron chi connectivity index (χ3n) is 2.93. The predicted octanol–water partition coefficient (Wildman–Crippen LogP) is 0.867. The van der Waals surface area contributed by atoms with Gasteiger partial charge in [-0.2, -0.15) is 0 Å². The van der Waals surface area contributed by atoms with Gasteiger partial charge in [-0.3, -0.25) is 0 Å². The van der Waals surface area contributed by atoms with Crippen LogP contribution in [0, 0.1) is 5.92 Å². The van der Waals surface area contributed by atoms with Gasteiger partial charge in [-0.25, -0.2) is 13.1 Å². The maximum absolute atomic E-state index is 11.3. The molecule has 2 N–H and O–H groups in total. The van der Waals surface area contributed by atoms with E-state index in [1.165, 1.54) is 0 Å². The second-order valence-electron chi connectivity index (χ2n) is 4.28. The molecule has 1 fully saturated rings. The summed E-state index contributed by atoms with van der Waals surface area (Å²) in [5.41, 5.74) is 0. The molecule has 1 aliphatic rings. The Bertz CT molecular complexity index is 270. The van der Waals surface area contributed by atoms with E-state index in [4.69, 9.17) is 0 Å². The van der Waals surface area contributed by atoms with E-state index >= 15 is 0 Å². The SMILES string of the molecule is CCCS(=O)(=O)NC[C@@H](O)C1CCCC1. The van der Waals surface area contributed by atoms with E-state index in [9.17, 15) is 13.5 Å². The van der Waals surface area contributed by atoms with Gasteiger partial charge in [0.2, 0.25) is 10.0 Å². The van der Waals surface area contributed by atoms with Gasteiger partial charge >= 0.3 is 0 Å². The second kappa shape index (κ2) is 5.82. The Morgan fingerprint density at radius 3 is 2.53 bits per heavy atom. The summed E-state index contributed by atoms with van der Waals surface area (Å²) < 4.78 is 25.1. The molecule has 0 unspecified atom stereocenters. The van der Waals surface area contributed by atoms with Crippen LogP contribution >= 0.6 is 0 Å². The van der Waals surface area contributed by atoms with Gasteiger partial charge in [-0.15, -0.1) is 0 Å². The molecule has 0 aliphatic heterocycles. The lowest BCUT2D eigenvalue weighted by atomic mass is 10.0. The minimum atomic E-state index is -3.17. The quantitative estimate of drug-likeness (QED) is 0.718. The zero-order valence-corrected chi connectivity index (χ0v) is 10.1. The Morgan fingerprint density at radius 2 is 2.00 bits per heavy atom. The largest absolute Gasteiger partial charge is 0.391 e. The topological polar surface area (TPSA) is 66.4 Å². The molecule has 90 valence electrons. The van der Waals surface area contributed by atoms with Crippen molar-refractivity contribution in [2.45, 2.75) is 45.1 Å². The monoisotopic (exact) mass is 235 g/mol. The van der Waals surface area contributed by atoms with E-state index in [-0.39, 0.29) is 18.2 Å². The summed E-state index contributed by atoms with van der Waals surface area (Å²) in [4.78, 5) is 0. The summed E-state index contributed by atoms with van der Waals surface area (Å²) in [7, 11) is -3.17. The molecular weight excluding hydrogens is 214 g/mol. The number of rotatable bonds is 6. The summed E-state index contributed by atoms with van der Waals surface area (Å²) in [5.74, 6) is 0.430. The van der Waals surface area contributed by atoms with Gasteiger partial charge in [-0.1, -0.05) is 19.8 Å². The average molecular weight is 235 g/mol. The van der Waals surface area contributed by atoms with Gasteiger partial charge in [0.05, 0.1) is 11.9 Å². The summed E-state index contributed by atoms with van der Waals surface area (Å²) >= 11 is 0. The van der Waals surface area contributed by atoms with Gasteiger partial charge < -0.3 is 5.11 Å². The molecule has 0 radical (unpaired) electrons. The summed E-state index contributed by atoms with van der Waals surface area (Å²) in [6.45, 7) is 2.00. The van der Waals surface area contributed by atoms with Crippen LogP contribution < -0.4 is 4.72 Å². The Labute approximate surface area is 92.1 Å². The first-order valence-electron chi connectivity index (χ1n) is 5.70. The van der Waals surface area contributed by atoms with Crippen molar-refractivity contribution in [3.8, 4) is 0 Å². The molecule has 5 heteroatoms. The summed E-state index contributed by atoms with van der Waals surface area (Å²) in [6.07, 6.45) is 4.45. The van der Waals surface area contributed by atoms with Gasteiger partial charge in [0.25, 0.3) is 0 Å². The van der Waals surface area contributed by atoms with Crippen LogP contribution in [0.25, 0.3) is 0 Å². The Hall–Kier alpha value is -0.130. The Kier molecular flexibility index (Phi) is 5.02. The molecule has 0 heterocycles. The lowest BCUT2D eigenvalue weighted by molar-refractivity contribution is 0.115. The lowest BCUT2D eigenvalue weighted by Crippen LogP contribution is -2.36. The lowest BCUT2D eigenvalue weighted by Gasteiger charge is -2.17. The van der Waals surface area contributed by atoms with Gasteiger partial charge in [-0.05, 0) is 25.2 Å². The van der Waals surface area contributed by atoms with Crippen molar-refractivity contribution >= 4 is 10.0 Å². The molecule has 1 rings (SSSR count). The molecule has 0 aromatic rings. The zero-order valence-electron chi connectivity index (χ0n) is 9.28. The van der Waals surface area contributed by atoms with Crippen LogP contribution in [-0.4, -0.2) is 31.9 Å². The predicted molar refractivity (Wildman–Crippen MR) is 60.0 cm³/mol. The van der Waals surface area contributed by atoms with Crippen molar-refractivity contribution in [2.75, 3.05) is 12.3 Å². The van der Waals surface area contributed by atoms with E-state index in [0.29, 0.717) is 6.42 Å². The van der Waals surface area contributed by atoms with E-state index < -0.39 is 16.1 Å². The second-order valence-corrected chi connectivity index (χ2v) is 6.21. The number of aliphatic hydroxyl groups excluding tert-OH is 1. The van der Waals surface area contributed by atoms with Crippen molar-refractivity contribution in [1.82, 2.24) is 4.72 Å². The first-order chi connectivity index (χ1) is 7.05. The van der Waals surface area contributed by atoms with Crippen LogP contribution in [0.2, 0.25) is 0 Å². The molecule has 4 nitrogen and oxygen atoms in total. The normalized spacial score (nSPS) is 20.7. The van der Waals surface area contributed by atoms with Crippen molar-refractivity contribution in [3.05, 3.63) is 0 Å². The zero-order chi connectivity index (χ0) is 11.3. The first-order valence-corrected chi connectivity index (χ1v) is 7.36. The summed E-state index contributed by atoms with van der Waals surface area (Å²) in [5, 5.41) is 9.75. The van der Waals surface area contributed by atoms with Crippen LogP contribution in [0.1, 0.15) is 39.0 Å². The smallest absolute Gasteiger partial charge is 0.211 e. The number of aliphatic hydroxyl groups is 1. The third kappa shape index (κ3) is 4.49. The molecular formula is C10H21NO3S. The molecule has 0 aromatic heterocycles. The highest BCUT2D eigenvalue weighted by Gasteiger charge is 2.24. The molecule has 1 saturated carbocycles. The minimum Gasteiger partial charge on any atom is -0.391 e. The number of sulfonamides is 1. The highest BCUT2D eigenvalue weighted by atomic mass is 32.2.